The van der Waals surface area contributed by atoms with Gasteiger partial charge in [-0.1, -0.05) is 26.0 Å². The predicted molar refractivity (Wildman–Crippen MR) is 116 cm³/mol. The highest BCUT2D eigenvalue weighted by Gasteiger charge is 2.40. The number of fused-ring (bicyclic) bond motifs is 5. The van der Waals surface area contributed by atoms with E-state index in [4.69, 9.17) is 8.97 Å². The second-order valence-electron chi connectivity index (χ2n) is 9.29. The number of hydrogen-bond acceptors (Lipinski definition) is 6. The van der Waals surface area contributed by atoms with E-state index in [0.29, 0.717) is 33.8 Å². The minimum atomic E-state index is -4.07. The summed E-state index contributed by atoms with van der Waals surface area (Å²) in [4.78, 5) is 27.9. The molecule has 0 radical (unpaired) electrons. The Kier molecular flexibility index (Phi) is 5.23. The number of carbonyl (C=O) groups excluding carboxylic acids is 2. The van der Waals surface area contributed by atoms with E-state index in [2.05, 4.69) is 19.9 Å². The molecule has 7 nitrogen and oxygen atoms in total. The zero-order valence-corrected chi connectivity index (χ0v) is 19.1. The van der Waals surface area contributed by atoms with Crippen LogP contribution in [0.5, 0.6) is 0 Å². The van der Waals surface area contributed by atoms with E-state index in [1.165, 1.54) is 0 Å². The number of rotatable bonds is 5. The fourth-order valence-corrected chi connectivity index (χ4v) is 5.37. The molecule has 0 saturated heterocycles. The molecule has 1 aromatic carbocycles. The van der Waals surface area contributed by atoms with Crippen LogP contribution in [-0.4, -0.2) is 48.8 Å². The van der Waals surface area contributed by atoms with Crippen molar-refractivity contribution in [3.63, 3.8) is 0 Å². The number of carbonyl (C=O) groups is 2. The summed E-state index contributed by atoms with van der Waals surface area (Å²) in [5.74, 6) is -0.499. The van der Waals surface area contributed by atoms with E-state index in [0.717, 1.165) is 30.4 Å². The van der Waals surface area contributed by atoms with E-state index in [9.17, 15) is 18.0 Å². The van der Waals surface area contributed by atoms with E-state index < -0.39 is 27.4 Å². The van der Waals surface area contributed by atoms with Crippen LogP contribution in [0.15, 0.2) is 16.5 Å². The Morgan fingerprint density at radius 1 is 1.16 bits per heavy atom. The van der Waals surface area contributed by atoms with Gasteiger partial charge in [-0.3, -0.25) is 19.0 Å². The molecule has 0 aliphatic heterocycles. The first-order chi connectivity index (χ1) is 14.4. The van der Waals surface area contributed by atoms with Crippen molar-refractivity contribution in [1.82, 2.24) is 4.90 Å². The highest BCUT2D eigenvalue weighted by atomic mass is 32.2. The van der Waals surface area contributed by atoms with Gasteiger partial charge in [0.2, 0.25) is 11.6 Å². The monoisotopic (exact) mass is 445 g/mol. The first-order valence-corrected chi connectivity index (χ1v) is 12.0. The van der Waals surface area contributed by atoms with E-state index in [-0.39, 0.29) is 18.5 Å². The molecule has 31 heavy (non-hydrogen) atoms. The van der Waals surface area contributed by atoms with E-state index in [1.807, 2.05) is 6.07 Å². The Labute approximate surface area is 182 Å². The maximum atomic E-state index is 13.2. The summed E-state index contributed by atoms with van der Waals surface area (Å²) in [5.41, 5.74) is 4.05. The molecule has 0 atom stereocenters. The van der Waals surface area contributed by atoms with Gasteiger partial charge in [0.05, 0.1) is 17.9 Å². The molecule has 1 heterocycles. The Morgan fingerprint density at radius 3 is 2.52 bits per heavy atom. The van der Waals surface area contributed by atoms with E-state index in [1.54, 1.807) is 18.9 Å². The van der Waals surface area contributed by atoms with Crippen LogP contribution in [0.2, 0.25) is 0 Å². The number of Topliss-reactive ketones (excluding diaryl/α,β-unsaturated/α-hetero) is 2. The lowest BCUT2D eigenvalue weighted by Gasteiger charge is -2.34. The summed E-state index contributed by atoms with van der Waals surface area (Å²) in [5, 5.41) is 0. The lowest BCUT2D eigenvalue weighted by molar-refractivity contribution is 0.0813. The average Bonchev–Trinajstić information content (AvgIpc) is 2.99. The van der Waals surface area contributed by atoms with Gasteiger partial charge in [-0.25, -0.2) is 0 Å². The van der Waals surface area contributed by atoms with Gasteiger partial charge in [-0.15, -0.1) is 0 Å². The SMILES string of the molecule is Cc1c(CN(C)CCS(=O)(=O)O)oc2c1C(=O)C(=O)c1c-2ccc2c1CCCC2(C)C. The number of ketones is 2. The largest absolute Gasteiger partial charge is 0.459 e. The summed E-state index contributed by atoms with van der Waals surface area (Å²) in [7, 11) is -2.37. The van der Waals surface area contributed by atoms with Gasteiger partial charge in [0, 0.05) is 23.2 Å². The topological polar surface area (TPSA) is 105 Å². The lowest BCUT2D eigenvalue weighted by atomic mass is 9.69. The average molecular weight is 446 g/mol. The van der Waals surface area contributed by atoms with Gasteiger partial charge in [0.15, 0.2) is 0 Å². The summed E-state index contributed by atoms with van der Waals surface area (Å²) in [6.07, 6.45) is 2.76. The van der Waals surface area contributed by atoms with Crippen molar-refractivity contribution in [3.05, 3.63) is 45.7 Å². The van der Waals surface area contributed by atoms with E-state index >= 15 is 0 Å². The second kappa shape index (κ2) is 7.39. The van der Waals surface area contributed by atoms with Crippen LogP contribution >= 0.6 is 0 Å². The minimum absolute atomic E-state index is 0.0494. The summed E-state index contributed by atoms with van der Waals surface area (Å²) in [6.45, 7) is 6.43. The molecule has 2 aliphatic rings. The van der Waals surface area contributed by atoms with Crippen molar-refractivity contribution in [3.8, 4) is 11.3 Å². The van der Waals surface area contributed by atoms with Gasteiger partial charge in [-0.05, 0) is 49.8 Å². The van der Waals surface area contributed by atoms with Crippen molar-refractivity contribution in [2.75, 3.05) is 19.3 Å². The van der Waals surface area contributed by atoms with Crippen molar-refractivity contribution in [2.24, 2.45) is 0 Å². The molecule has 0 spiro atoms. The zero-order valence-electron chi connectivity index (χ0n) is 18.2. The molecular weight excluding hydrogens is 418 g/mol. The Morgan fingerprint density at radius 2 is 1.84 bits per heavy atom. The molecule has 4 rings (SSSR count). The maximum absolute atomic E-state index is 13.2. The smallest absolute Gasteiger partial charge is 0.266 e. The summed E-state index contributed by atoms with van der Waals surface area (Å²) < 4.78 is 37.1. The summed E-state index contributed by atoms with van der Waals surface area (Å²) in [6, 6.07) is 3.94. The van der Waals surface area contributed by atoms with Crippen LogP contribution < -0.4 is 0 Å². The molecule has 8 heteroatoms. The summed E-state index contributed by atoms with van der Waals surface area (Å²) >= 11 is 0. The minimum Gasteiger partial charge on any atom is -0.459 e. The van der Waals surface area contributed by atoms with Crippen molar-refractivity contribution < 1.29 is 27.0 Å². The molecule has 0 fully saturated rings. The maximum Gasteiger partial charge on any atom is 0.266 e. The quantitative estimate of drug-likeness (QED) is 0.554. The zero-order chi connectivity index (χ0) is 22.7. The van der Waals surface area contributed by atoms with Gasteiger partial charge in [0.1, 0.15) is 11.5 Å². The number of furan rings is 1. The lowest BCUT2D eigenvalue weighted by Crippen LogP contribution is -2.29. The van der Waals surface area contributed by atoms with Crippen LogP contribution in [0, 0.1) is 6.92 Å². The molecule has 166 valence electrons. The van der Waals surface area contributed by atoms with Crippen LogP contribution in [0.1, 0.15) is 69.9 Å². The fraction of sp³-hybridized carbons (Fsp3) is 0.478. The third-order valence-corrected chi connectivity index (χ3v) is 7.26. The molecular formula is C23H27NO6S. The molecule has 1 aromatic heterocycles. The molecule has 0 saturated carbocycles. The third-order valence-electron chi connectivity index (χ3n) is 6.57. The molecule has 1 N–H and O–H groups in total. The Hall–Kier alpha value is -2.29. The predicted octanol–water partition coefficient (Wildman–Crippen LogP) is 3.57. The highest BCUT2D eigenvalue weighted by molar-refractivity contribution is 7.85. The van der Waals surface area contributed by atoms with Crippen LogP contribution in [-0.2, 0) is 28.5 Å². The standard InChI is InChI=1S/C23H27NO6S/c1-13-17(12-24(4)10-11-31(27,28)29)30-22-15-7-8-16-14(6-5-9-23(16,2)3)19(15)21(26)20(25)18(13)22/h7-8H,5-6,9-12H2,1-4H3,(H,27,28,29). The van der Waals surface area contributed by atoms with Crippen LogP contribution in [0.25, 0.3) is 11.3 Å². The van der Waals surface area contributed by atoms with Crippen molar-refractivity contribution >= 4 is 21.7 Å². The normalized spacial score (nSPS) is 17.5. The van der Waals surface area contributed by atoms with Gasteiger partial charge in [-0.2, -0.15) is 8.42 Å². The Balaban J connectivity index is 1.77. The molecule has 2 aliphatic carbocycles. The Bertz CT molecular complexity index is 1210. The molecule has 0 bridgehead atoms. The molecule has 0 unspecified atom stereocenters. The van der Waals surface area contributed by atoms with Gasteiger partial charge < -0.3 is 4.42 Å². The second-order valence-corrected chi connectivity index (χ2v) is 10.9. The molecule has 2 aromatic rings. The number of nitrogens with zero attached hydrogens (tertiary/aromatic N) is 1. The van der Waals surface area contributed by atoms with Crippen molar-refractivity contribution in [2.45, 2.75) is 52.0 Å². The first-order valence-electron chi connectivity index (χ1n) is 10.4. The highest BCUT2D eigenvalue weighted by Crippen LogP contribution is 2.45. The fourth-order valence-electron chi connectivity index (χ4n) is 4.83. The number of hydrogen-bond donors (Lipinski definition) is 1. The third kappa shape index (κ3) is 3.77. The van der Waals surface area contributed by atoms with Crippen molar-refractivity contribution in [1.29, 1.82) is 0 Å². The van der Waals surface area contributed by atoms with Crippen LogP contribution in [0.4, 0.5) is 0 Å². The number of benzene rings is 1. The van der Waals surface area contributed by atoms with Gasteiger partial charge in [0.25, 0.3) is 10.1 Å². The molecule has 0 amide bonds. The first kappa shape index (κ1) is 21.9. The van der Waals surface area contributed by atoms with Gasteiger partial charge >= 0.3 is 0 Å². The van der Waals surface area contributed by atoms with Crippen LogP contribution in [0.3, 0.4) is 0 Å².